The number of rotatable bonds is 10. The van der Waals surface area contributed by atoms with Gasteiger partial charge in [-0.3, -0.25) is 0 Å². The molecule has 13 heteroatoms. The number of halogens is 3. The van der Waals surface area contributed by atoms with Gasteiger partial charge >= 0.3 is 12.3 Å². The van der Waals surface area contributed by atoms with Crippen molar-refractivity contribution >= 4 is 28.5 Å². The zero-order valence-electron chi connectivity index (χ0n) is 26.7. The number of hydrogen-bond acceptors (Lipinski definition) is 8. The third kappa shape index (κ3) is 9.32. The van der Waals surface area contributed by atoms with Crippen molar-refractivity contribution in [1.29, 1.82) is 0 Å². The molecule has 0 amide bonds. The van der Waals surface area contributed by atoms with Crippen LogP contribution in [0, 0.1) is 0 Å². The van der Waals surface area contributed by atoms with Gasteiger partial charge in [-0.25, -0.2) is 22.8 Å². The van der Waals surface area contributed by atoms with Crippen LogP contribution >= 0.6 is 0 Å². The molecule has 2 rings (SSSR count). The van der Waals surface area contributed by atoms with Crippen LogP contribution in [-0.4, -0.2) is 66.5 Å². The van der Waals surface area contributed by atoms with Crippen molar-refractivity contribution in [2.24, 2.45) is 0 Å². The van der Waals surface area contributed by atoms with Crippen molar-refractivity contribution in [2.75, 3.05) is 26.4 Å². The number of hydrogen-bond donors (Lipinski definition) is 0. The SMILES string of the molecule is CCC1(OC/C(F)=C(\F)[Si](C)(C)C(C)(C)C)COC(=O)O1.CCC1(OC/C=C(\F)[Si](C)(C)C(C)(C)C)COC(=O)O1. The second-order valence-electron chi connectivity index (χ2n) is 13.4. The third-order valence-electron chi connectivity index (χ3n) is 8.64. The summed E-state index contributed by atoms with van der Waals surface area (Å²) in [6.07, 6.45) is 0.634. The average Bonchev–Trinajstić information content (AvgIpc) is 3.43. The quantitative estimate of drug-likeness (QED) is 0.176. The molecule has 41 heavy (non-hydrogen) atoms. The summed E-state index contributed by atoms with van der Waals surface area (Å²) in [5.41, 5.74) is -0.812. The summed E-state index contributed by atoms with van der Waals surface area (Å²) < 4.78 is 73.0. The summed E-state index contributed by atoms with van der Waals surface area (Å²) in [6, 6.07) is 0. The summed E-state index contributed by atoms with van der Waals surface area (Å²) >= 11 is 0. The van der Waals surface area contributed by atoms with E-state index in [-0.39, 0.29) is 35.3 Å². The maximum absolute atomic E-state index is 14.4. The Labute approximate surface area is 244 Å². The number of ether oxygens (including phenoxy) is 6. The molecule has 2 saturated heterocycles. The Hall–Kier alpha value is -1.84. The van der Waals surface area contributed by atoms with E-state index in [9.17, 15) is 22.8 Å². The van der Waals surface area contributed by atoms with Gasteiger partial charge in [0, 0.05) is 12.8 Å². The predicted octanol–water partition coefficient (Wildman–Crippen LogP) is 8.65. The van der Waals surface area contributed by atoms with E-state index in [0.717, 1.165) is 0 Å². The van der Waals surface area contributed by atoms with Gasteiger partial charge in [0.05, 0.1) is 12.1 Å². The van der Waals surface area contributed by atoms with Gasteiger partial charge in [0.15, 0.2) is 19.0 Å². The molecule has 2 atom stereocenters. The molecule has 0 spiro atoms. The van der Waals surface area contributed by atoms with Crippen molar-refractivity contribution in [1.82, 2.24) is 0 Å². The normalized spacial score (nSPS) is 24.5. The van der Waals surface area contributed by atoms with Gasteiger partial charge in [-0.15, -0.1) is 0 Å². The van der Waals surface area contributed by atoms with Gasteiger partial charge in [-0.05, 0) is 16.2 Å². The first kappa shape index (κ1) is 37.2. The molecule has 2 fully saturated rings. The Bertz CT molecular complexity index is 1000. The number of carbonyl (C=O) groups is 2. The highest BCUT2D eigenvalue weighted by Crippen LogP contribution is 2.43. The first-order valence-electron chi connectivity index (χ1n) is 13.9. The fourth-order valence-electron chi connectivity index (χ4n) is 3.26. The maximum atomic E-state index is 14.4. The van der Waals surface area contributed by atoms with E-state index in [2.05, 4.69) is 4.74 Å². The monoisotopic (exact) mass is 626 g/mol. The van der Waals surface area contributed by atoms with Crippen molar-refractivity contribution < 1.29 is 51.2 Å². The second kappa shape index (κ2) is 13.6. The molecule has 0 aliphatic carbocycles. The molecule has 0 aromatic carbocycles. The summed E-state index contributed by atoms with van der Waals surface area (Å²) in [4.78, 5) is 22.0. The Kier molecular flexibility index (Phi) is 12.4. The molecular weight excluding hydrogens is 577 g/mol. The Balaban J connectivity index is 0.000000410. The predicted molar refractivity (Wildman–Crippen MR) is 156 cm³/mol. The number of carbonyl (C=O) groups excluding carboxylic acids is 2. The van der Waals surface area contributed by atoms with Crippen LogP contribution in [0.5, 0.6) is 0 Å². The molecule has 0 bridgehead atoms. The second-order valence-corrected chi connectivity index (χ2v) is 23.8. The fraction of sp³-hybridized carbons (Fsp3) is 0.786. The molecule has 0 aromatic rings. The molecule has 0 saturated carbocycles. The minimum Gasteiger partial charge on any atom is -0.427 e. The highest BCUT2D eigenvalue weighted by atomic mass is 28.3. The molecule has 2 aliphatic heterocycles. The van der Waals surface area contributed by atoms with Crippen LogP contribution in [0.2, 0.25) is 36.3 Å². The van der Waals surface area contributed by atoms with Gasteiger partial charge < -0.3 is 28.4 Å². The molecule has 8 nitrogen and oxygen atoms in total. The highest BCUT2D eigenvalue weighted by Gasteiger charge is 2.45. The van der Waals surface area contributed by atoms with Gasteiger partial charge in [0.1, 0.15) is 28.2 Å². The van der Waals surface area contributed by atoms with E-state index in [4.69, 9.17) is 23.7 Å². The minimum atomic E-state index is -2.58. The van der Waals surface area contributed by atoms with E-state index >= 15 is 0 Å². The van der Waals surface area contributed by atoms with Gasteiger partial charge in [0.25, 0.3) is 11.6 Å². The Morgan fingerprint density at radius 3 is 1.56 bits per heavy atom. The van der Waals surface area contributed by atoms with Crippen LogP contribution in [0.3, 0.4) is 0 Å². The van der Waals surface area contributed by atoms with Crippen molar-refractivity contribution in [3.63, 3.8) is 0 Å². The maximum Gasteiger partial charge on any atom is 0.511 e. The lowest BCUT2D eigenvalue weighted by molar-refractivity contribution is -0.177. The summed E-state index contributed by atoms with van der Waals surface area (Å²) in [5, 5.41) is -0.390. The first-order chi connectivity index (χ1) is 18.5. The molecule has 0 aromatic heterocycles. The lowest BCUT2D eigenvalue weighted by Crippen LogP contribution is -2.40. The average molecular weight is 627 g/mol. The summed E-state index contributed by atoms with van der Waals surface area (Å²) in [6.45, 7) is 22.4. The zero-order chi connectivity index (χ0) is 32.1. The summed E-state index contributed by atoms with van der Waals surface area (Å²) in [7, 11) is -4.73. The van der Waals surface area contributed by atoms with E-state index in [1.807, 2.05) is 61.6 Å². The molecule has 0 N–H and O–H groups in total. The van der Waals surface area contributed by atoms with Crippen molar-refractivity contribution in [3.8, 4) is 0 Å². The van der Waals surface area contributed by atoms with Gasteiger partial charge in [-0.2, -0.15) is 0 Å². The van der Waals surface area contributed by atoms with E-state index in [1.54, 1.807) is 20.0 Å². The Morgan fingerprint density at radius 1 is 0.805 bits per heavy atom. The first-order valence-corrected chi connectivity index (χ1v) is 19.9. The molecule has 2 unspecified atom stereocenters. The standard InChI is InChI=1S/C14H24F2O4Si.C14H25FO4Si/c1-7-14(9-18-12(17)20-14)19-8-10(15)11(16)21(5,6)13(2,3)4;1-7-14(10-17-12(16)19-14)18-9-8-11(15)20(5,6)13(2,3)4/h7-9H2,1-6H3;8H,7,9-10H2,1-6H3/b11-10-;11-8+. The molecule has 2 heterocycles. The molecular formula is C28H49F3O8Si2. The largest absolute Gasteiger partial charge is 0.511 e. The highest BCUT2D eigenvalue weighted by molar-refractivity contribution is 6.86. The minimum absolute atomic E-state index is 0.0535. The van der Waals surface area contributed by atoms with Crippen LogP contribution < -0.4 is 0 Å². The number of cyclic esters (lactones) is 4. The lowest BCUT2D eigenvalue weighted by atomic mass is 10.2. The lowest BCUT2D eigenvalue weighted by Gasteiger charge is -2.35. The van der Waals surface area contributed by atoms with Crippen LogP contribution in [0.25, 0.3) is 0 Å². The van der Waals surface area contributed by atoms with Crippen molar-refractivity contribution in [3.05, 3.63) is 22.8 Å². The van der Waals surface area contributed by atoms with E-state index in [1.165, 1.54) is 6.08 Å². The van der Waals surface area contributed by atoms with Crippen LogP contribution in [-0.2, 0) is 28.4 Å². The van der Waals surface area contributed by atoms with Crippen LogP contribution in [0.1, 0.15) is 68.2 Å². The summed E-state index contributed by atoms with van der Waals surface area (Å²) in [5.74, 6) is -3.32. The molecule has 2 aliphatic rings. The fourth-order valence-corrected chi connectivity index (χ4v) is 5.98. The van der Waals surface area contributed by atoms with Crippen LogP contribution in [0.4, 0.5) is 22.8 Å². The van der Waals surface area contributed by atoms with E-state index in [0.29, 0.717) is 12.8 Å². The smallest absolute Gasteiger partial charge is 0.427 e. The zero-order valence-corrected chi connectivity index (χ0v) is 28.7. The Morgan fingerprint density at radius 2 is 1.22 bits per heavy atom. The van der Waals surface area contributed by atoms with Gasteiger partial charge in [-0.1, -0.05) is 81.6 Å². The molecule has 238 valence electrons. The van der Waals surface area contributed by atoms with Crippen molar-refractivity contribution in [2.45, 2.75) is 116 Å². The third-order valence-corrected chi connectivity index (χ3v) is 18.9. The van der Waals surface area contributed by atoms with Gasteiger partial charge in [0.2, 0.25) is 0 Å². The van der Waals surface area contributed by atoms with E-state index < -0.39 is 57.9 Å². The topological polar surface area (TPSA) is 89.5 Å². The molecule has 0 radical (unpaired) electrons. The van der Waals surface area contributed by atoms with Crippen LogP contribution in [0.15, 0.2) is 22.8 Å².